The Morgan fingerprint density at radius 1 is 1.53 bits per heavy atom. The zero-order chi connectivity index (χ0) is 12.7. The van der Waals surface area contributed by atoms with E-state index in [-0.39, 0.29) is 18.2 Å². The second kappa shape index (κ2) is 6.98. The Morgan fingerprint density at radius 3 is 2.88 bits per heavy atom. The van der Waals surface area contributed by atoms with Gasteiger partial charge in [0.25, 0.3) is 0 Å². The number of methoxy groups -OCH3 is 1. The Kier molecular flexibility index (Phi) is 5.59. The van der Waals surface area contributed by atoms with Gasteiger partial charge in [0.15, 0.2) is 0 Å². The minimum atomic E-state index is -0.281. The van der Waals surface area contributed by atoms with E-state index >= 15 is 0 Å². The van der Waals surface area contributed by atoms with Crippen LogP contribution in [0.15, 0.2) is 18.2 Å². The number of benzene rings is 1. The van der Waals surface area contributed by atoms with E-state index in [0.717, 1.165) is 5.56 Å². The van der Waals surface area contributed by atoms with E-state index in [4.69, 9.17) is 5.73 Å². The summed E-state index contributed by atoms with van der Waals surface area (Å²) >= 11 is 0. The summed E-state index contributed by atoms with van der Waals surface area (Å²) in [5.41, 5.74) is 6.73. The molecule has 0 aliphatic heterocycles. The molecule has 0 saturated heterocycles. The van der Waals surface area contributed by atoms with Gasteiger partial charge in [0.05, 0.1) is 13.5 Å². The Morgan fingerprint density at radius 2 is 2.29 bits per heavy atom. The summed E-state index contributed by atoms with van der Waals surface area (Å²) in [7, 11) is 1.34. The van der Waals surface area contributed by atoms with Gasteiger partial charge in [0.1, 0.15) is 5.82 Å². The molecular weight excluding hydrogens is 223 g/mol. The molecule has 17 heavy (non-hydrogen) atoms. The maximum absolute atomic E-state index is 13.5. The van der Waals surface area contributed by atoms with Gasteiger partial charge in [-0.25, -0.2) is 4.39 Å². The molecule has 0 atom stereocenters. The Hall–Kier alpha value is -1.46. The normalized spacial score (nSPS) is 10.3. The quantitative estimate of drug-likeness (QED) is 0.573. The number of nitrogens with two attached hydrogens (primary N) is 1. The van der Waals surface area contributed by atoms with Crippen molar-refractivity contribution in [2.24, 2.45) is 5.73 Å². The van der Waals surface area contributed by atoms with Gasteiger partial charge in [0.2, 0.25) is 0 Å². The number of hydrogen-bond donors (Lipinski definition) is 2. The molecule has 94 valence electrons. The molecular formula is C12H17FN2O2. The van der Waals surface area contributed by atoms with Crippen LogP contribution in [0.3, 0.4) is 0 Å². The van der Waals surface area contributed by atoms with E-state index in [0.29, 0.717) is 25.2 Å². The Labute approximate surface area is 100.0 Å². The third kappa shape index (κ3) is 4.50. The smallest absolute Gasteiger partial charge is 0.306 e. The maximum atomic E-state index is 13.5. The lowest BCUT2D eigenvalue weighted by atomic mass is 10.1. The first kappa shape index (κ1) is 13.6. The fourth-order valence-electron chi connectivity index (χ4n) is 1.38. The summed E-state index contributed by atoms with van der Waals surface area (Å²) in [6, 6.07) is 4.92. The standard InChI is InChI=1S/C12H17FN2O2/c1-17-12(16)4-5-15-8-10-3-2-9(7-14)6-11(10)13/h2-3,6,15H,4-5,7-8,14H2,1H3. The zero-order valence-corrected chi connectivity index (χ0v) is 9.83. The molecule has 0 saturated carbocycles. The molecule has 0 aliphatic carbocycles. The highest BCUT2D eigenvalue weighted by atomic mass is 19.1. The van der Waals surface area contributed by atoms with Crippen LogP contribution in [0.4, 0.5) is 4.39 Å². The second-order valence-corrected chi connectivity index (χ2v) is 3.63. The third-order valence-electron chi connectivity index (χ3n) is 2.40. The van der Waals surface area contributed by atoms with Crippen molar-refractivity contribution in [2.75, 3.05) is 13.7 Å². The van der Waals surface area contributed by atoms with Gasteiger partial charge in [-0.05, 0) is 11.6 Å². The monoisotopic (exact) mass is 240 g/mol. The summed E-state index contributed by atoms with van der Waals surface area (Å²) in [6.07, 6.45) is 0.277. The van der Waals surface area contributed by atoms with Gasteiger partial charge < -0.3 is 15.8 Å². The Balaban J connectivity index is 2.39. The van der Waals surface area contributed by atoms with Gasteiger partial charge in [0, 0.05) is 25.2 Å². The highest BCUT2D eigenvalue weighted by molar-refractivity contribution is 5.69. The average Bonchev–Trinajstić information content (AvgIpc) is 2.35. The van der Waals surface area contributed by atoms with Crippen molar-refractivity contribution in [1.82, 2.24) is 5.32 Å². The molecule has 0 heterocycles. The number of nitrogens with one attached hydrogen (secondary N) is 1. The van der Waals surface area contributed by atoms with Gasteiger partial charge in [-0.15, -0.1) is 0 Å². The van der Waals surface area contributed by atoms with Crippen LogP contribution < -0.4 is 11.1 Å². The van der Waals surface area contributed by atoms with Crippen molar-refractivity contribution < 1.29 is 13.9 Å². The predicted octanol–water partition coefficient (Wildman–Crippen LogP) is 0.937. The third-order valence-corrected chi connectivity index (χ3v) is 2.40. The van der Waals surface area contributed by atoms with Crippen LogP contribution in [0.1, 0.15) is 17.5 Å². The molecule has 1 aromatic rings. The number of hydrogen-bond acceptors (Lipinski definition) is 4. The molecule has 0 aliphatic rings. The molecule has 0 aromatic heterocycles. The topological polar surface area (TPSA) is 64.3 Å². The second-order valence-electron chi connectivity index (χ2n) is 3.63. The number of rotatable bonds is 6. The van der Waals surface area contributed by atoms with Crippen LogP contribution in [0.25, 0.3) is 0 Å². The molecule has 0 amide bonds. The van der Waals surface area contributed by atoms with Crippen LogP contribution in [-0.4, -0.2) is 19.6 Å². The van der Waals surface area contributed by atoms with E-state index in [1.54, 1.807) is 12.1 Å². The summed E-state index contributed by atoms with van der Waals surface area (Å²) < 4.78 is 18.0. The number of esters is 1. The number of ether oxygens (including phenoxy) is 1. The molecule has 0 spiro atoms. The van der Waals surface area contributed by atoms with Crippen LogP contribution in [0.5, 0.6) is 0 Å². The average molecular weight is 240 g/mol. The fraction of sp³-hybridized carbons (Fsp3) is 0.417. The van der Waals surface area contributed by atoms with Crippen molar-refractivity contribution in [1.29, 1.82) is 0 Å². The van der Waals surface area contributed by atoms with E-state index in [1.807, 2.05) is 0 Å². The zero-order valence-electron chi connectivity index (χ0n) is 9.83. The van der Waals surface area contributed by atoms with Crippen molar-refractivity contribution in [3.8, 4) is 0 Å². The molecule has 3 N–H and O–H groups in total. The first-order chi connectivity index (χ1) is 8.17. The summed E-state index contributed by atoms with van der Waals surface area (Å²) in [6.45, 7) is 1.17. The first-order valence-electron chi connectivity index (χ1n) is 5.42. The molecule has 0 bridgehead atoms. The van der Waals surface area contributed by atoms with Gasteiger partial charge in [-0.1, -0.05) is 12.1 Å². The van der Waals surface area contributed by atoms with Gasteiger partial charge in [-0.3, -0.25) is 4.79 Å². The van der Waals surface area contributed by atoms with Crippen LogP contribution >= 0.6 is 0 Å². The minimum absolute atomic E-state index is 0.277. The van der Waals surface area contributed by atoms with Crippen LogP contribution in [0, 0.1) is 5.82 Å². The molecule has 0 radical (unpaired) electrons. The highest BCUT2D eigenvalue weighted by Gasteiger charge is 2.03. The van der Waals surface area contributed by atoms with Crippen LogP contribution in [-0.2, 0) is 22.6 Å². The minimum Gasteiger partial charge on any atom is -0.469 e. The highest BCUT2D eigenvalue weighted by Crippen LogP contribution is 2.09. The SMILES string of the molecule is COC(=O)CCNCc1ccc(CN)cc1F. The predicted molar refractivity (Wildman–Crippen MR) is 62.6 cm³/mol. The fourth-order valence-corrected chi connectivity index (χ4v) is 1.38. The largest absolute Gasteiger partial charge is 0.469 e. The van der Waals surface area contributed by atoms with Crippen molar-refractivity contribution in [3.63, 3.8) is 0 Å². The summed E-state index contributed by atoms with van der Waals surface area (Å²) in [5, 5.41) is 2.97. The lowest BCUT2D eigenvalue weighted by Crippen LogP contribution is -2.19. The Bertz CT molecular complexity index is 383. The van der Waals surface area contributed by atoms with E-state index in [1.165, 1.54) is 13.2 Å². The number of carbonyl (C=O) groups is 1. The molecule has 4 nitrogen and oxygen atoms in total. The van der Waals surface area contributed by atoms with Gasteiger partial charge >= 0.3 is 5.97 Å². The van der Waals surface area contributed by atoms with Crippen molar-refractivity contribution >= 4 is 5.97 Å². The first-order valence-corrected chi connectivity index (χ1v) is 5.42. The molecule has 5 heteroatoms. The lowest BCUT2D eigenvalue weighted by Gasteiger charge is -2.06. The summed E-state index contributed by atoms with van der Waals surface area (Å²) in [4.78, 5) is 10.8. The van der Waals surface area contributed by atoms with Crippen molar-refractivity contribution in [3.05, 3.63) is 35.1 Å². The molecule has 1 aromatic carbocycles. The summed E-state index contributed by atoms with van der Waals surface area (Å²) in [5.74, 6) is -0.560. The number of carbonyl (C=O) groups excluding carboxylic acids is 1. The molecule has 1 rings (SSSR count). The van der Waals surface area contributed by atoms with E-state index in [2.05, 4.69) is 10.1 Å². The maximum Gasteiger partial charge on any atom is 0.306 e. The van der Waals surface area contributed by atoms with Crippen LogP contribution in [0.2, 0.25) is 0 Å². The van der Waals surface area contributed by atoms with E-state index in [9.17, 15) is 9.18 Å². The van der Waals surface area contributed by atoms with E-state index < -0.39 is 0 Å². The molecule has 0 unspecified atom stereocenters. The molecule has 0 fully saturated rings. The van der Waals surface area contributed by atoms with Crippen molar-refractivity contribution in [2.45, 2.75) is 19.5 Å². The van der Waals surface area contributed by atoms with Gasteiger partial charge in [-0.2, -0.15) is 0 Å². The number of halogens is 1. The lowest BCUT2D eigenvalue weighted by molar-refractivity contribution is -0.140.